The van der Waals surface area contributed by atoms with Crippen LogP contribution in [0.3, 0.4) is 0 Å². The number of benzene rings is 3. The molecule has 1 aliphatic rings. The third kappa shape index (κ3) is 3.38. The summed E-state index contributed by atoms with van der Waals surface area (Å²) in [5, 5.41) is 19.5. The molecule has 1 unspecified atom stereocenters. The van der Waals surface area contributed by atoms with Crippen molar-refractivity contribution in [1.82, 2.24) is 4.90 Å². The first-order valence-electron chi connectivity index (χ1n) is 9.12. The fourth-order valence-corrected chi connectivity index (χ4v) is 3.74. The molecule has 0 spiro atoms. The van der Waals surface area contributed by atoms with Crippen molar-refractivity contribution in [2.75, 3.05) is 6.54 Å². The Morgan fingerprint density at radius 2 is 1.59 bits per heavy atom. The number of rotatable bonds is 3. The molecule has 1 aliphatic heterocycles. The standard InChI is InChI=1S/C23H21NO3/c25-19-12-13-20(22(26)15-19)23(27)24-14-4-7-21(24)18-10-8-17(9-11-18)16-5-2-1-3-6-16/h1-3,5-6,8-13,15,21,25-26H,4,7,14H2. The van der Waals surface area contributed by atoms with E-state index in [0.29, 0.717) is 6.54 Å². The topological polar surface area (TPSA) is 60.8 Å². The molecule has 4 nitrogen and oxygen atoms in total. The van der Waals surface area contributed by atoms with Gasteiger partial charge in [-0.05, 0) is 41.7 Å². The third-order valence-electron chi connectivity index (χ3n) is 5.13. The number of carbonyl (C=O) groups is 1. The summed E-state index contributed by atoms with van der Waals surface area (Å²) in [5.41, 5.74) is 3.63. The summed E-state index contributed by atoms with van der Waals surface area (Å²) >= 11 is 0. The maximum Gasteiger partial charge on any atom is 0.258 e. The number of hydrogen-bond donors (Lipinski definition) is 2. The van der Waals surface area contributed by atoms with E-state index in [0.717, 1.165) is 29.5 Å². The van der Waals surface area contributed by atoms with Gasteiger partial charge in [0.25, 0.3) is 5.91 Å². The average molecular weight is 359 g/mol. The number of hydrogen-bond acceptors (Lipinski definition) is 3. The lowest BCUT2D eigenvalue weighted by Gasteiger charge is -2.25. The van der Waals surface area contributed by atoms with Crippen molar-refractivity contribution in [2.24, 2.45) is 0 Å². The molecule has 1 atom stereocenters. The van der Waals surface area contributed by atoms with Gasteiger partial charge in [0, 0.05) is 12.6 Å². The second-order valence-corrected chi connectivity index (χ2v) is 6.85. The maximum atomic E-state index is 12.9. The molecular formula is C23H21NO3. The molecular weight excluding hydrogens is 338 g/mol. The minimum Gasteiger partial charge on any atom is -0.508 e. The van der Waals surface area contributed by atoms with Crippen molar-refractivity contribution in [3.8, 4) is 22.6 Å². The molecule has 136 valence electrons. The lowest BCUT2D eigenvalue weighted by molar-refractivity contribution is 0.0732. The van der Waals surface area contributed by atoms with Crippen molar-refractivity contribution in [3.05, 3.63) is 83.9 Å². The molecule has 0 aliphatic carbocycles. The lowest BCUT2D eigenvalue weighted by Crippen LogP contribution is -2.30. The zero-order valence-corrected chi connectivity index (χ0v) is 14.9. The molecule has 0 radical (unpaired) electrons. The van der Waals surface area contributed by atoms with Crippen LogP contribution < -0.4 is 0 Å². The summed E-state index contributed by atoms with van der Waals surface area (Å²) in [6.45, 7) is 0.657. The quantitative estimate of drug-likeness (QED) is 0.710. The number of amides is 1. The SMILES string of the molecule is O=C(c1ccc(O)cc1O)N1CCCC1c1ccc(-c2ccccc2)cc1. The summed E-state index contributed by atoms with van der Waals surface area (Å²) < 4.78 is 0. The maximum absolute atomic E-state index is 12.9. The first-order chi connectivity index (χ1) is 13.1. The van der Waals surface area contributed by atoms with Gasteiger partial charge in [0.05, 0.1) is 11.6 Å². The number of carbonyl (C=O) groups excluding carboxylic acids is 1. The lowest BCUT2D eigenvalue weighted by atomic mass is 9.99. The Balaban J connectivity index is 1.59. The summed E-state index contributed by atoms with van der Waals surface area (Å²) in [6, 6.07) is 22.6. The highest BCUT2D eigenvalue weighted by Gasteiger charge is 2.31. The molecule has 0 bridgehead atoms. The van der Waals surface area contributed by atoms with E-state index in [2.05, 4.69) is 36.4 Å². The van der Waals surface area contributed by atoms with Gasteiger partial charge in [-0.1, -0.05) is 54.6 Å². The van der Waals surface area contributed by atoms with E-state index < -0.39 is 0 Å². The van der Waals surface area contributed by atoms with E-state index in [9.17, 15) is 15.0 Å². The highest BCUT2D eigenvalue weighted by atomic mass is 16.3. The average Bonchev–Trinajstić information content (AvgIpc) is 3.18. The minimum atomic E-state index is -0.206. The van der Waals surface area contributed by atoms with E-state index in [-0.39, 0.29) is 29.0 Å². The zero-order chi connectivity index (χ0) is 18.8. The van der Waals surface area contributed by atoms with E-state index >= 15 is 0 Å². The molecule has 1 saturated heterocycles. The van der Waals surface area contributed by atoms with Crippen LogP contribution in [0, 0.1) is 0 Å². The highest BCUT2D eigenvalue weighted by molar-refractivity contribution is 5.97. The third-order valence-corrected chi connectivity index (χ3v) is 5.13. The molecule has 3 aromatic carbocycles. The van der Waals surface area contributed by atoms with Gasteiger partial charge in [0.2, 0.25) is 0 Å². The Kier molecular flexibility index (Phi) is 4.55. The largest absolute Gasteiger partial charge is 0.508 e. The van der Waals surface area contributed by atoms with Crippen molar-refractivity contribution in [1.29, 1.82) is 0 Å². The second-order valence-electron chi connectivity index (χ2n) is 6.85. The molecule has 2 N–H and O–H groups in total. The van der Waals surface area contributed by atoms with Crippen LogP contribution in [-0.2, 0) is 0 Å². The monoisotopic (exact) mass is 359 g/mol. The van der Waals surface area contributed by atoms with Crippen LogP contribution in [0.2, 0.25) is 0 Å². The number of likely N-dealkylation sites (tertiary alicyclic amines) is 1. The van der Waals surface area contributed by atoms with Gasteiger partial charge in [-0.15, -0.1) is 0 Å². The smallest absolute Gasteiger partial charge is 0.258 e. The van der Waals surface area contributed by atoms with Gasteiger partial charge in [-0.3, -0.25) is 4.79 Å². The van der Waals surface area contributed by atoms with Gasteiger partial charge in [-0.25, -0.2) is 0 Å². The molecule has 0 aromatic heterocycles. The zero-order valence-electron chi connectivity index (χ0n) is 14.9. The molecule has 4 rings (SSSR count). The number of nitrogens with zero attached hydrogens (tertiary/aromatic N) is 1. The normalized spacial score (nSPS) is 16.4. The Labute approximate surface area is 158 Å². The van der Waals surface area contributed by atoms with Crippen LogP contribution in [0.1, 0.15) is 34.8 Å². The van der Waals surface area contributed by atoms with E-state index in [1.807, 2.05) is 23.1 Å². The molecule has 0 saturated carbocycles. The molecule has 27 heavy (non-hydrogen) atoms. The molecule has 4 heteroatoms. The van der Waals surface area contributed by atoms with E-state index in [1.54, 1.807) is 0 Å². The summed E-state index contributed by atoms with van der Waals surface area (Å²) in [7, 11) is 0. The Morgan fingerprint density at radius 3 is 2.30 bits per heavy atom. The van der Waals surface area contributed by atoms with E-state index in [1.165, 1.54) is 18.2 Å². The van der Waals surface area contributed by atoms with Crippen molar-refractivity contribution in [3.63, 3.8) is 0 Å². The molecule has 1 heterocycles. The fraction of sp³-hybridized carbons (Fsp3) is 0.174. The van der Waals surface area contributed by atoms with Gasteiger partial charge in [0.1, 0.15) is 11.5 Å². The number of aromatic hydroxyl groups is 2. The Hall–Kier alpha value is -3.27. The highest BCUT2D eigenvalue weighted by Crippen LogP contribution is 2.35. The Morgan fingerprint density at radius 1 is 0.889 bits per heavy atom. The molecule has 1 fully saturated rings. The van der Waals surface area contributed by atoms with Crippen LogP contribution in [-0.4, -0.2) is 27.6 Å². The van der Waals surface area contributed by atoms with Gasteiger partial charge in [-0.2, -0.15) is 0 Å². The van der Waals surface area contributed by atoms with Crippen LogP contribution in [0.15, 0.2) is 72.8 Å². The van der Waals surface area contributed by atoms with Crippen LogP contribution >= 0.6 is 0 Å². The number of phenolic OH excluding ortho intramolecular Hbond substituents is 2. The molecule has 3 aromatic rings. The van der Waals surface area contributed by atoms with Gasteiger partial charge in [0.15, 0.2) is 0 Å². The van der Waals surface area contributed by atoms with Crippen LogP contribution in [0.4, 0.5) is 0 Å². The van der Waals surface area contributed by atoms with Gasteiger partial charge >= 0.3 is 0 Å². The van der Waals surface area contributed by atoms with Crippen molar-refractivity contribution in [2.45, 2.75) is 18.9 Å². The van der Waals surface area contributed by atoms with Crippen molar-refractivity contribution < 1.29 is 15.0 Å². The first-order valence-corrected chi connectivity index (χ1v) is 9.12. The van der Waals surface area contributed by atoms with Crippen molar-refractivity contribution >= 4 is 5.91 Å². The summed E-state index contributed by atoms with van der Waals surface area (Å²) in [4.78, 5) is 14.7. The molecule has 1 amide bonds. The van der Waals surface area contributed by atoms with Crippen LogP contribution in [0.5, 0.6) is 11.5 Å². The first kappa shape index (κ1) is 17.2. The Bertz CT molecular complexity index is 951. The predicted octanol–water partition coefficient (Wildman–Crippen LogP) is 4.74. The van der Waals surface area contributed by atoms with E-state index in [4.69, 9.17) is 0 Å². The van der Waals surface area contributed by atoms with Gasteiger partial charge < -0.3 is 15.1 Å². The predicted molar refractivity (Wildman–Crippen MR) is 105 cm³/mol. The van der Waals surface area contributed by atoms with Crippen LogP contribution in [0.25, 0.3) is 11.1 Å². The number of phenols is 2. The second kappa shape index (κ2) is 7.16. The summed E-state index contributed by atoms with van der Waals surface area (Å²) in [6.07, 6.45) is 1.82. The summed E-state index contributed by atoms with van der Waals surface area (Å²) in [5.74, 6) is -0.453. The minimum absolute atomic E-state index is 0.00414. The fourth-order valence-electron chi connectivity index (χ4n) is 3.74.